The number of ether oxygens (including phenoxy) is 1. The van der Waals surface area contributed by atoms with Gasteiger partial charge in [0.25, 0.3) is 0 Å². The van der Waals surface area contributed by atoms with E-state index in [0.717, 1.165) is 5.56 Å². The van der Waals surface area contributed by atoms with E-state index >= 15 is 0 Å². The summed E-state index contributed by atoms with van der Waals surface area (Å²) in [4.78, 5) is 11.4. The fraction of sp³-hybridized carbons (Fsp3) is 0.429. The minimum Gasteiger partial charge on any atom is -0.460 e. The molecule has 1 radical (unpaired) electrons. The Kier molecular flexibility index (Phi) is 4.70. The van der Waals surface area contributed by atoms with Gasteiger partial charge in [-0.15, -0.1) is 0 Å². The average molecular weight is 235 g/mol. The molecule has 0 bridgehead atoms. The van der Waals surface area contributed by atoms with Crippen LogP contribution in [-0.2, 0) is 9.53 Å². The van der Waals surface area contributed by atoms with E-state index in [1.165, 1.54) is 0 Å². The highest BCUT2D eigenvalue weighted by atomic mass is 16.6. The normalized spacial score (nSPS) is 13.2. The molecular weight excluding hydrogens is 216 g/mol. The van der Waals surface area contributed by atoms with Gasteiger partial charge in [0.05, 0.1) is 12.5 Å². The van der Waals surface area contributed by atoms with Gasteiger partial charge in [0, 0.05) is 6.42 Å². The van der Waals surface area contributed by atoms with E-state index in [1.807, 2.05) is 51.1 Å². The number of rotatable bonds is 4. The summed E-state index contributed by atoms with van der Waals surface area (Å²) in [6, 6.07) is 9.20. The summed E-state index contributed by atoms with van der Waals surface area (Å²) in [6.45, 7) is 5.45. The summed E-state index contributed by atoms with van der Waals surface area (Å²) >= 11 is 0. The van der Waals surface area contributed by atoms with E-state index in [2.05, 4.69) is 0 Å². The highest BCUT2D eigenvalue weighted by Gasteiger charge is 2.17. The van der Waals surface area contributed by atoms with Gasteiger partial charge in [-0.25, -0.2) is 0 Å². The van der Waals surface area contributed by atoms with E-state index in [9.17, 15) is 9.90 Å². The molecule has 0 aliphatic heterocycles. The molecule has 3 heteroatoms. The zero-order valence-electron chi connectivity index (χ0n) is 10.5. The van der Waals surface area contributed by atoms with Crippen molar-refractivity contribution in [1.82, 2.24) is 0 Å². The first-order valence-corrected chi connectivity index (χ1v) is 5.67. The zero-order valence-corrected chi connectivity index (χ0v) is 10.5. The van der Waals surface area contributed by atoms with Crippen LogP contribution in [0.5, 0.6) is 0 Å². The number of carbonyl (C=O) groups excluding carboxylic acids is 1. The van der Waals surface area contributed by atoms with Crippen LogP contribution in [0, 0.1) is 6.42 Å². The van der Waals surface area contributed by atoms with Gasteiger partial charge in [0.2, 0.25) is 0 Å². The van der Waals surface area contributed by atoms with Gasteiger partial charge in [-0.05, 0) is 26.3 Å². The second kappa shape index (κ2) is 5.82. The number of benzene rings is 1. The fourth-order valence-electron chi connectivity index (χ4n) is 1.38. The Morgan fingerprint density at radius 2 is 1.94 bits per heavy atom. The first kappa shape index (κ1) is 13.7. The zero-order chi connectivity index (χ0) is 12.9. The number of hydrogen-bond donors (Lipinski definition) is 1. The van der Waals surface area contributed by atoms with Crippen LogP contribution in [-0.4, -0.2) is 16.7 Å². The predicted octanol–water partition coefficient (Wildman–Crippen LogP) is 2.66. The van der Waals surface area contributed by atoms with Crippen LogP contribution in [0.2, 0.25) is 0 Å². The number of aliphatic hydroxyl groups is 1. The highest BCUT2D eigenvalue weighted by Crippen LogP contribution is 2.18. The number of aliphatic hydroxyl groups excluding tert-OH is 1. The molecule has 1 atom stereocenters. The van der Waals surface area contributed by atoms with Gasteiger partial charge in [-0.2, -0.15) is 0 Å². The molecule has 1 unspecified atom stereocenters. The standard InChI is InChI=1S/C14H19O3/c1-14(2,3)17-13(16)10-9-12(15)11-7-5-4-6-8-11/h4-9,12,15H,10H2,1-3H3. The second-order valence-corrected chi connectivity index (χ2v) is 4.88. The maximum atomic E-state index is 11.4. The lowest BCUT2D eigenvalue weighted by molar-refractivity contribution is -0.154. The average Bonchev–Trinajstić information content (AvgIpc) is 2.25. The maximum absolute atomic E-state index is 11.4. The van der Waals surface area contributed by atoms with E-state index in [0.29, 0.717) is 0 Å². The second-order valence-electron chi connectivity index (χ2n) is 4.88. The molecule has 1 rings (SSSR count). The fourth-order valence-corrected chi connectivity index (χ4v) is 1.38. The van der Waals surface area contributed by atoms with Crippen molar-refractivity contribution in [2.45, 2.75) is 38.9 Å². The van der Waals surface area contributed by atoms with E-state index in [-0.39, 0.29) is 12.4 Å². The molecule has 0 saturated carbocycles. The van der Waals surface area contributed by atoms with Gasteiger partial charge in [-0.3, -0.25) is 4.79 Å². The molecule has 1 aromatic rings. The van der Waals surface area contributed by atoms with Gasteiger partial charge < -0.3 is 9.84 Å². The highest BCUT2D eigenvalue weighted by molar-refractivity contribution is 5.71. The third kappa shape index (κ3) is 5.50. The van der Waals surface area contributed by atoms with Crippen molar-refractivity contribution in [3.63, 3.8) is 0 Å². The largest absolute Gasteiger partial charge is 0.460 e. The molecule has 0 saturated heterocycles. The van der Waals surface area contributed by atoms with Crippen LogP contribution >= 0.6 is 0 Å². The SMILES string of the molecule is CC(C)(C)OC(=O)C[CH]C(O)c1ccccc1. The molecule has 0 aromatic heterocycles. The predicted molar refractivity (Wildman–Crippen MR) is 66.2 cm³/mol. The van der Waals surface area contributed by atoms with Gasteiger partial charge in [0.1, 0.15) is 5.60 Å². The van der Waals surface area contributed by atoms with E-state index < -0.39 is 11.7 Å². The molecule has 3 nitrogen and oxygen atoms in total. The van der Waals surface area contributed by atoms with Crippen LogP contribution in [0.3, 0.4) is 0 Å². The first-order valence-electron chi connectivity index (χ1n) is 5.67. The molecule has 0 aliphatic rings. The van der Waals surface area contributed by atoms with Crippen molar-refractivity contribution < 1.29 is 14.6 Å². The summed E-state index contributed by atoms with van der Waals surface area (Å²) in [6.07, 6.45) is 0.917. The van der Waals surface area contributed by atoms with E-state index in [1.54, 1.807) is 6.42 Å². The third-order valence-corrected chi connectivity index (χ3v) is 2.07. The Balaban J connectivity index is 2.39. The Hall–Kier alpha value is -1.35. The molecule has 0 aliphatic carbocycles. The molecule has 0 spiro atoms. The topological polar surface area (TPSA) is 46.5 Å². The quantitative estimate of drug-likeness (QED) is 0.816. The Morgan fingerprint density at radius 1 is 1.35 bits per heavy atom. The monoisotopic (exact) mass is 235 g/mol. The third-order valence-electron chi connectivity index (χ3n) is 2.07. The van der Waals surface area contributed by atoms with Crippen molar-refractivity contribution in [3.05, 3.63) is 42.3 Å². The van der Waals surface area contributed by atoms with Crippen molar-refractivity contribution in [2.75, 3.05) is 0 Å². The van der Waals surface area contributed by atoms with Crippen molar-refractivity contribution >= 4 is 5.97 Å². The van der Waals surface area contributed by atoms with Crippen molar-refractivity contribution in [2.24, 2.45) is 0 Å². The van der Waals surface area contributed by atoms with Crippen LogP contribution in [0.25, 0.3) is 0 Å². The number of esters is 1. The van der Waals surface area contributed by atoms with Crippen LogP contribution in [0.1, 0.15) is 38.9 Å². The molecular formula is C14H19O3. The molecule has 1 aromatic carbocycles. The van der Waals surface area contributed by atoms with Gasteiger partial charge in [0.15, 0.2) is 0 Å². The Bertz CT molecular complexity index is 351. The molecule has 0 heterocycles. The van der Waals surface area contributed by atoms with Crippen LogP contribution in [0.4, 0.5) is 0 Å². The smallest absolute Gasteiger partial charge is 0.306 e. The molecule has 17 heavy (non-hydrogen) atoms. The molecule has 93 valence electrons. The minimum atomic E-state index is -0.733. The number of hydrogen-bond acceptors (Lipinski definition) is 3. The summed E-state index contributed by atoms with van der Waals surface area (Å²) < 4.78 is 5.14. The lowest BCUT2D eigenvalue weighted by Crippen LogP contribution is -2.24. The van der Waals surface area contributed by atoms with Crippen LogP contribution in [0.15, 0.2) is 30.3 Å². The summed E-state index contributed by atoms with van der Waals surface area (Å²) in [5.74, 6) is -0.326. The van der Waals surface area contributed by atoms with Crippen molar-refractivity contribution in [1.29, 1.82) is 0 Å². The Labute approximate surface area is 102 Å². The summed E-state index contributed by atoms with van der Waals surface area (Å²) in [7, 11) is 0. The van der Waals surface area contributed by atoms with E-state index in [4.69, 9.17) is 4.74 Å². The molecule has 0 fully saturated rings. The first-order chi connectivity index (χ1) is 7.88. The number of carbonyl (C=O) groups is 1. The lowest BCUT2D eigenvalue weighted by Gasteiger charge is -2.20. The maximum Gasteiger partial charge on any atom is 0.306 e. The minimum absolute atomic E-state index is 0.104. The van der Waals surface area contributed by atoms with Crippen LogP contribution < -0.4 is 0 Å². The molecule has 0 amide bonds. The Morgan fingerprint density at radius 3 is 2.47 bits per heavy atom. The summed E-state index contributed by atoms with van der Waals surface area (Å²) in [5, 5.41) is 9.80. The van der Waals surface area contributed by atoms with Gasteiger partial charge in [-0.1, -0.05) is 30.3 Å². The van der Waals surface area contributed by atoms with Crippen molar-refractivity contribution in [3.8, 4) is 0 Å². The molecule has 1 N–H and O–H groups in total. The lowest BCUT2D eigenvalue weighted by atomic mass is 10.1. The summed E-state index contributed by atoms with van der Waals surface area (Å²) in [5.41, 5.74) is 0.291. The van der Waals surface area contributed by atoms with Gasteiger partial charge >= 0.3 is 5.97 Å².